The quantitative estimate of drug-likeness (QED) is 0.384. The maximum Gasteiger partial charge on any atom is 0.270 e. The van der Waals surface area contributed by atoms with Gasteiger partial charge < -0.3 is 25.7 Å². The highest BCUT2D eigenvalue weighted by Crippen LogP contribution is 2.33. The minimum absolute atomic E-state index is 0.000163. The van der Waals surface area contributed by atoms with Crippen LogP contribution >= 0.6 is 0 Å². The van der Waals surface area contributed by atoms with E-state index in [0.717, 1.165) is 10.9 Å². The Labute approximate surface area is 220 Å². The van der Waals surface area contributed by atoms with Crippen molar-refractivity contribution in [2.24, 2.45) is 0 Å². The highest BCUT2D eigenvalue weighted by atomic mass is 19.1. The lowest BCUT2D eigenvalue weighted by Gasteiger charge is -2.41. The standard InChI is InChI=1S/C27H34FN7O3/c1-15(2)18-12-31-23(24(37)32-16-10-26(3,38)11-16)19-13-30-22(9-17(18)19)33-21-5-7-29-25(34-21)35-8-6-20(36)27(4,28)14-35/h5,7,9,12-13,15-16,20,36,38H,6,8,10-11,14H2,1-4H3,(H,32,37)(H,29,30,33,34)/t16?,20-,26?,27+/m1/s1. The molecule has 1 amide bonds. The van der Waals surface area contributed by atoms with Crippen LogP contribution < -0.4 is 15.5 Å². The molecule has 1 saturated heterocycles. The number of anilines is 3. The molecular formula is C27H34FN7O3. The SMILES string of the molecule is CC(C)c1cnc(C(=O)NC2CC(C)(O)C2)c2cnc(Nc3ccnc(N4CC[C@@H](O)[C@@](C)(F)C4)n3)cc12. The van der Waals surface area contributed by atoms with Gasteiger partial charge in [-0.25, -0.2) is 14.4 Å². The number of aliphatic hydroxyl groups is 2. The number of nitrogens with one attached hydrogen (secondary N) is 2. The molecule has 10 nitrogen and oxygen atoms in total. The van der Waals surface area contributed by atoms with Crippen molar-refractivity contribution in [3.63, 3.8) is 0 Å². The molecule has 1 aliphatic heterocycles. The van der Waals surface area contributed by atoms with Crippen molar-refractivity contribution in [2.75, 3.05) is 23.3 Å². The fourth-order valence-corrected chi connectivity index (χ4v) is 5.23. The maximum atomic E-state index is 14.7. The van der Waals surface area contributed by atoms with Gasteiger partial charge in [0.1, 0.15) is 17.3 Å². The number of rotatable bonds is 6. The van der Waals surface area contributed by atoms with Crippen LogP contribution in [0.1, 0.15) is 68.9 Å². The molecule has 0 spiro atoms. The number of pyridine rings is 2. The van der Waals surface area contributed by atoms with Crippen LogP contribution in [0.25, 0.3) is 10.8 Å². The van der Waals surface area contributed by atoms with E-state index in [1.165, 1.54) is 6.92 Å². The molecule has 202 valence electrons. The first-order valence-electron chi connectivity index (χ1n) is 13.0. The van der Waals surface area contributed by atoms with Gasteiger partial charge in [-0.2, -0.15) is 4.98 Å². The highest BCUT2D eigenvalue weighted by Gasteiger charge is 2.40. The van der Waals surface area contributed by atoms with Gasteiger partial charge in [0.05, 0.1) is 18.2 Å². The summed E-state index contributed by atoms with van der Waals surface area (Å²) in [5.74, 6) is 1.26. The average molecular weight is 524 g/mol. The second-order valence-corrected chi connectivity index (χ2v) is 11.3. The van der Waals surface area contributed by atoms with E-state index >= 15 is 0 Å². The highest BCUT2D eigenvalue weighted by molar-refractivity contribution is 6.06. The van der Waals surface area contributed by atoms with E-state index in [0.29, 0.717) is 54.5 Å². The van der Waals surface area contributed by atoms with E-state index in [2.05, 4.69) is 44.4 Å². The van der Waals surface area contributed by atoms with Crippen LogP contribution in [0.5, 0.6) is 0 Å². The predicted octanol–water partition coefficient (Wildman–Crippen LogP) is 3.23. The summed E-state index contributed by atoms with van der Waals surface area (Å²) >= 11 is 0. The molecule has 0 radical (unpaired) electrons. The molecule has 2 fully saturated rings. The summed E-state index contributed by atoms with van der Waals surface area (Å²) in [7, 11) is 0. The van der Waals surface area contributed by atoms with Gasteiger partial charge in [-0.05, 0) is 62.1 Å². The first kappa shape index (κ1) is 26.2. The molecule has 0 aromatic carbocycles. The molecular weight excluding hydrogens is 489 g/mol. The molecule has 1 saturated carbocycles. The van der Waals surface area contributed by atoms with Crippen LogP contribution in [0.15, 0.2) is 30.7 Å². The van der Waals surface area contributed by atoms with Crippen LogP contribution in [-0.4, -0.2) is 72.6 Å². The summed E-state index contributed by atoms with van der Waals surface area (Å²) in [6.07, 6.45) is 5.25. The number of piperidine rings is 1. The van der Waals surface area contributed by atoms with Crippen LogP contribution in [0.2, 0.25) is 0 Å². The van der Waals surface area contributed by atoms with Gasteiger partial charge in [0.2, 0.25) is 5.95 Å². The Balaban J connectivity index is 1.40. The minimum Gasteiger partial charge on any atom is -0.390 e. The molecule has 5 rings (SSSR count). The van der Waals surface area contributed by atoms with Gasteiger partial charge in [-0.3, -0.25) is 9.78 Å². The van der Waals surface area contributed by atoms with Crippen LogP contribution in [0, 0.1) is 0 Å². The Morgan fingerprint density at radius 3 is 2.61 bits per heavy atom. The zero-order valence-corrected chi connectivity index (χ0v) is 22.1. The van der Waals surface area contributed by atoms with E-state index in [1.54, 1.807) is 36.5 Å². The number of amides is 1. The second kappa shape index (κ2) is 9.70. The average Bonchev–Trinajstić information content (AvgIpc) is 2.83. The number of alkyl halides is 1. The molecule has 2 aliphatic rings. The number of nitrogens with zero attached hydrogens (tertiary/aromatic N) is 5. The molecule has 11 heteroatoms. The van der Waals surface area contributed by atoms with Crippen LogP contribution in [0.4, 0.5) is 22.0 Å². The number of carbonyl (C=O) groups is 1. The maximum absolute atomic E-state index is 14.7. The van der Waals surface area contributed by atoms with Gasteiger partial charge in [0, 0.05) is 36.6 Å². The fraction of sp³-hybridized carbons (Fsp3) is 0.519. The summed E-state index contributed by atoms with van der Waals surface area (Å²) in [6, 6.07) is 3.48. The lowest BCUT2D eigenvalue weighted by atomic mass is 9.77. The number of carbonyl (C=O) groups excluding carboxylic acids is 1. The molecule has 3 aromatic heterocycles. The third-order valence-electron chi connectivity index (χ3n) is 7.40. The molecule has 2 atom stereocenters. The number of fused-ring (bicyclic) bond motifs is 1. The monoisotopic (exact) mass is 523 g/mol. The van der Waals surface area contributed by atoms with Crippen molar-refractivity contribution >= 4 is 34.3 Å². The van der Waals surface area contributed by atoms with E-state index in [-0.39, 0.29) is 24.4 Å². The van der Waals surface area contributed by atoms with Gasteiger partial charge in [-0.15, -0.1) is 0 Å². The number of halogens is 1. The van der Waals surface area contributed by atoms with E-state index in [1.807, 2.05) is 6.07 Å². The molecule has 3 aromatic rings. The van der Waals surface area contributed by atoms with Gasteiger partial charge in [-0.1, -0.05) is 13.8 Å². The van der Waals surface area contributed by atoms with Crippen molar-refractivity contribution in [3.8, 4) is 0 Å². The Bertz CT molecular complexity index is 1360. The molecule has 38 heavy (non-hydrogen) atoms. The van der Waals surface area contributed by atoms with Crippen LogP contribution in [0.3, 0.4) is 0 Å². The number of hydrogen-bond donors (Lipinski definition) is 4. The molecule has 4 N–H and O–H groups in total. The van der Waals surface area contributed by atoms with Crippen LogP contribution in [-0.2, 0) is 0 Å². The summed E-state index contributed by atoms with van der Waals surface area (Å²) < 4.78 is 14.7. The van der Waals surface area contributed by atoms with Gasteiger partial charge in [0.25, 0.3) is 5.91 Å². The Kier molecular flexibility index (Phi) is 6.68. The van der Waals surface area contributed by atoms with Crippen molar-refractivity contribution in [3.05, 3.63) is 42.0 Å². The summed E-state index contributed by atoms with van der Waals surface area (Å²) in [4.78, 5) is 32.6. The lowest BCUT2D eigenvalue weighted by Crippen LogP contribution is -2.53. The van der Waals surface area contributed by atoms with Gasteiger partial charge >= 0.3 is 0 Å². The Hall–Kier alpha value is -3.44. The number of aromatic nitrogens is 4. The Morgan fingerprint density at radius 1 is 1.16 bits per heavy atom. The minimum atomic E-state index is -1.74. The summed E-state index contributed by atoms with van der Waals surface area (Å²) in [5.41, 5.74) is -1.21. The second-order valence-electron chi connectivity index (χ2n) is 11.3. The first-order valence-corrected chi connectivity index (χ1v) is 13.0. The smallest absolute Gasteiger partial charge is 0.270 e. The topological polar surface area (TPSA) is 136 Å². The van der Waals surface area contributed by atoms with E-state index in [4.69, 9.17) is 0 Å². The largest absolute Gasteiger partial charge is 0.390 e. The van der Waals surface area contributed by atoms with E-state index in [9.17, 15) is 19.4 Å². The van der Waals surface area contributed by atoms with Crippen molar-refractivity contribution in [2.45, 2.75) is 76.3 Å². The third-order valence-corrected chi connectivity index (χ3v) is 7.40. The van der Waals surface area contributed by atoms with Gasteiger partial charge in [0.15, 0.2) is 5.67 Å². The molecule has 4 heterocycles. The fourth-order valence-electron chi connectivity index (χ4n) is 5.23. The zero-order chi connectivity index (χ0) is 27.2. The van der Waals surface area contributed by atoms with Crippen molar-refractivity contribution < 1.29 is 19.4 Å². The normalized spacial score (nSPS) is 27.3. The first-order chi connectivity index (χ1) is 17.9. The third kappa shape index (κ3) is 5.25. The van der Waals surface area contributed by atoms with E-state index < -0.39 is 17.4 Å². The number of aliphatic hydroxyl groups excluding tert-OH is 1. The van der Waals surface area contributed by atoms with Crippen molar-refractivity contribution in [1.29, 1.82) is 0 Å². The summed E-state index contributed by atoms with van der Waals surface area (Å²) in [6.45, 7) is 7.72. The summed E-state index contributed by atoms with van der Waals surface area (Å²) in [5, 5.41) is 27.6. The Morgan fingerprint density at radius 2 is 1.92 bits per heavy atom. The molecule has 1 aliphatic carbocycles. The number of hydrogen-bond acceptors (Lipinski definition) is 9. The predicted molar refractivity (Wildman–Crippen MR) is 142 cm³/mol. The zero-order valence-electron chi connectivity index (χ0n) is 22.1. The lowest BCUT2D eigenvalue weighted by molar-refractivity contribution is -0.0367. The molecule has 0 bridgehead atoms. The molecule has 0 unspecified atom stereocenters. The van der Waals surface area contributed by atoms with Crippen molar-refractivity contribution in [1.82, 2.24) is 25.3 Å².